The van der Waals surface area contributed by atoms with Crippen molar-refractivity contribution in [2.45, 2.75) is 32.8 Å². The van der Waals surface area contributed by atoms with Gasteiger partial charge in [-0.3, -0.25) is 4.79 Å². The van der Waals surface area contributed by atoms with E-state index < -0.39 is 0 Å². The van der Waals surface area contributed by atoms with E-state index in [-0.39, 0.29) is 23.9 Å². The first-order valence-corrected chi connectivity index (χ1v) is 12.9. The van der Waals surface area contributed by atoms with Crippen LogP contribution in [-0.2, 0) is 6.61 Å². The summed E-state index contributed by atoms with van der Waals surface area (Å²) in [6, 6.07) is 15.2. The second kappa shape index (κ2) is 11.3. The highest BCUT2D eigenvalue weighted by Gasteiger charge is 2.16. The van der Waals surface area contributed by atoms with Crippen molar-refractivity contribution in [3.8, 4) is 11.5 Å². The number of rotatable bonds is 8. The van der Waals surface area contributed by atoms with Gasteiger partial charge in [0.2, 0.25) is 0 Å². The van der Waals surface area contributed by atoms with Crippen LogP contribution in [-0.4, -0.2) is 23.0 Å². The van der Waals surface area contributed by atoms with Crippen LogP contribution in [0.15, 0.2) is 73.4 Å². The third-order valence-electron chi connectivity index (χ3n) is 5.76. The maximum Gasteiger partial charge on any atom is 0.282 e. The number of aromatic nitrogens is 2. The highest BCUT2D eigenvalue weighted by Crippen LogP contribution is 2.37. The summed E-state index contributed by atoms with van der Waals surface area (Å²) in [6.07, 6.45) is 2.40. The molecule has 9 heteroatoms. The maximum atomic E-state index is 13.3. The topological polar surface area (TPSA) is 65.7 Å². The summed E-state index contributed by atoms with van der Waals surface area (Å²) >= 11 is 6.97. The molecule has 0 saturated carbocycles. The van der Waals surface area contributed by atoms with Crippen molar-refractivity contribution in [2.24, 2.45) is 5.10 Å². The van der Waals surface area contributed by atoms with Crippen LogP contribution in [0, 0.1) is 5.82 Å². The van der Waals surface area contributed by atoms with Crippen molar-refractivity contribution in [1.29, 1.82) is 0 Å². The molecule has 0 radical (unpaired) electrons. The van der Waals surface area contributed by atoms with Crippen LogP contribution in [0.4, 0.5) is 4.39 Å². The van der Waals surface area contributed by atoms with Crippen LogP contribution >= 0.6 is 31.9 Å². The molecule has 0 aliphatic heterocycles. The lowest BCUT2D eigenvalue weighted by Crippen LogP contribution is -2.23. The first-order chi connectivity index (χ1) is 17.3. The van der Waals surface area contributed by atoms with Crippen LogP contribution < -0.4 is 15.0 Å². The van der Waals surface area contributed by atoms with Gasteiger partial charge in [-0.25, -0.2) is 9.37 Å². The Bertz CT molecular complexity index is 1490. The summed E-state index contributed by atoms with van der Waals surface area (Å²) in [5, 5.41) is 5.00. The van der Waals surface area contributed by atoms with Crippen molar-refractivity contribution >= 4 is 49.0 Å². The van der Waals surface area contributed by atoms with Crippen LogP contribution in [0.3, 0.4) is 0 Å². The molecule has 4 rings (SSSR count). The molecule has 36 heavy (non-hydrogen) atoms. The standard InChI is InChI=1S/C27H24Br2FN3O3/c1-4-16(2)26-32-23-10-7-19(28)13-21(23)27(34)33(26)31-14-18-11-22(29)25(24(12-18)35-3)36-15-17-5-8-20(30)9-6-17/h5-14,16H,4,15H2,1-3H3/t16-/m0/s1. The molecule has 1 atom stereocenters. The van der Waals surface area contributed by atoms with Gasteiger partial charge in [-0.15, -0.1) is 0 Å². The largest absolute Gasteiger partial charge is 0.493 e. The first kappa shape index (κ1) is 26.0. The second-order valence-electron chi connectivity index (χ2n) is 8.25. The van der Waals surface area contributed by atoms with E-state index in [1.54, 1.807) is 37.6 Å². The maximum absolute atomic E-state index is 13.3. The molecule has 1 aromatic heterocycles. The molecule has 3 aromatic carbocycles. The molecule has 1 heterocycles. The van der Waals surface area contributed by atoms with E-state index in [4.69, 9.17) is 14.5 Å². The quantitative estimate of drug-likeness (QED) is 0.199. The molecule has 0 bridgehead atoms. The Hall–Kier alpha value is -3.04. The number of nitrogens with zero attached hydrogens (tertiary/aromatic N) is 3. The number of halogens is 3. The third kappa shape index (κ3) is 5.68. The lowest BCUT2D eigenvalue weighted by Gasteiger charge is -2.15. The van der Waals surface area contributed by atoms with E-state index in [0.29, 0.717) is 38.3 Å². The van der Waals surface area contributed by atoms with Gasteiger partial charge in [-0.2, -0.15) is 9.78 Å². The zero-order valence-corrected chi connectivity index (χ0v) is 23.1. The molecule has 0 aliphatic carbocycles. The predicted octanol–water partition coefficient (Wildman–Crippen LogP) is 7.04. The second-order valence-corrected chi connectivity index (χ2v) is 10.0. The Kier molecular flexibility index (Phi) is 8.21. The monoisotopic (exact) mass is 615 g/mol. The SMILES string of the molecule is CC[C@H](C)c1nc2ccc(Br)cc2c(=O)n1N=Cc1cc(Br)c(OCc2ccc(F)cc2)c(OC)c1. The van der Waals surface area contributed by atoms with E-state index in [0.717, 1.165) is 16.5 Å². The zero-order valence-electron chi connectivity index (χ0n) is 20.0. The van der Waals surface area contributed by atoms with Crippen molar-refractivity contribution in [3.05, 3.63) is 96.7 Å². The summed E-state index contributed by atoms with van der Waals surface area (Å²) < 4.78 is 27.5. The van der Waals surface area contributed by atoms with Crippen molar-refractivity contribution in [2.75, 3.05) is 7.11 Å². The number of fused-ring (bicyclic) bond motifs is 1. The number of ether oxygens (including phenoxy) is 2. The smallest absolute Gasteiger partial charge is 0.282 e. The summed E-state index contributed by atoms with van der Waals surface area (Å²) in [7, 11) is 1.55. The summed E-state index contributed by atoms with van der Waals surface area (Å²) in [4.78, 5) is 18.1. The van der Waals surface area contributed by atoms with Crippen molar-refractivity contribution in [3.63, 3.8) is 0 Å². The first-order valence-electron chi connectivity index (χ1n) is 11.3. The number of hydrogen-bond acceptors (Lipinski definition) is 5. The molecular weight excluding hydrogens is 593 g/mol. The van der Waals surface area contributed by atoms with E-state index in [9.17, 15) is 9.18 Å². The van der Waals surface area contributed by atoms with Gasteiger partial charge < -0.3 is 9.47 Å². The van der Waals surface area contributed by atoms with Gasteiger partial charge in [0.05, 0.1) is 28.7 Å². The highest BCUT2D eigenvalue weighted by atomic mass is 79.9. The summed E-state index contributed by atoms with van der Waals surface area (Å²) in [5.41, 5.74) is 1.92. The van der Waals surface area contributed by atoms with E-state index in [1.807, 2.05) is 32.0 Å². The highest BCUT2D eigenvalue weighted by molar-refractivity contribution is 9.10. The van der Waals surface area contributed by atoms with Crippen LogP contribution in [0.25, 0.3) is 10.9 Å². The molecule has 0 N–H and O–H groups in total. The fourth-order valence-electron chi connectivity index (χ4n) is 3.59. The van der Waals surface area contributed by atoms with Crippen molar-refractivity contribution < 1.29 is 13.9 Å². The van der Waals surface area contributed by atoms with Gasteiger partial charge in [0.15, 0.2) is 11.5 Å². The molecule has 6 nitrogen and oxygen atoms in total. The van der Waals surface area contributed by atoms with Crippen LogP contribution in [0.5, 0.6) is 11.5 Å². The lowest BCUT2D eigenvalue weighted by atomic mass is 10.1. The van der Waals surface area contributed by atoms with Gasteiger partial charge in [0.25, 0.3) is 5.56 Å². The zero-order chi connectivity index (χ0) is 25.8. The molecule has 0 unspecified atom stereocenters. The summed E-state index contributed by atoms with van der Waals surface area (Å²) in [6.45, 7) is 4.31. The Morgan fingerprint density at radius 2 is 1.89 bits per heavy atom. The molecule has 4 aromatic rings. The fraction of sp³-hybridized carbons (Fsp3) is 0.222. The minimum Gasteiger partial charge on any atom is -0.493 e. The Labute approximate surface area is 225 Å². The van der Waals surface area contributed by atoms with Gasteiger partial charge in [0.1, 0.15) is 18.2 Å². The Morgan fingerprint density at radius 1 is 1.14 bits per heavy atom. The predicted molar refractivity (Wildman–Crippen MR) is 147 cm³/mol. The Balaban J connectivity index is 1.69. The van der Waals surface area contributed by atoms with Crippen LogP contribution in [0.2, 0.25) is 0 Å². The average Bonchev–Trinajstić information content (AvgIpc) is 2.87. The van der Waals surface area contributed by atoms with Gasteiger partial charge in [0, 0.05) is 10.4 Å². The van der Waals surface area contributed by atoms with Gasteiger partial charge in [-0.1, -0.05) is 41.9 Å². The fourth-order valence-corrected chi connectivity index (χ4v) is 4.53. The molecule has 0 fully saturated rings. The normalized spacial score (nSPS) is 12.3. The molecule has 0 aliphatic rings. The lowest BCUT2D eigenvalue weighted by molar-refractivity contribution is 0.282. The van der Waals surface area contributed by atoms with E-state index >= 15 is 0 Å². The molecule has 0 saturated heterocycles. The molecular formula is C27H24Br2FN3O3. The number of benzene rings is 3. The van der Waals surface area contributed by atoms with E-state index in [2.05, 4.69) is 37.0 Å². The van der Waals surface area contributed by atoms with E-state index in [1.165, 1.54) is 16.8 Å². The minimum absolute atomic E-state index is 0.0337. The van der Waals surface area contributed by atoms with Gasteiger partial charge >= 0.3 is 0 Å². The Morgan fingerprint density at radius 3 is 2.58 bits per heavy atom. The third-order valence-corrected chi connectivity index (χ3v) is 6.84. The minimum atomic E-state index is -0.300. The summed E-state index contributed by atoms with van der Waals surface area (Å²) in [5.74, 6) is 1.33. The van der Waals surface area contributed by atoms with Crippen LogP contribution in [0.1, 0.15) is 43.1 Å². The molecule has 0 spiro atoms. The average molecular weight is 617 g/mol. The van der Waals surface area contributed by atoms with Crippen molar-refractivity contribution in [1.82, 2.24) is 9.66 Å². The number of methoxy groups -OCH3 is 1. The number of hydrogen-bond donors (Lipinski definition) is 0. The molecule has 186 valence electrons. The molecule has 0 amide bonds. The van der Waals surface area contributed by atoms with Gasteiger partial charge in [-0.05, 0) is 75.9 Å².